The number of amides is 1. The van der Waals surface area contributed by atoms with E-state index >= 15 is 0 Å². The first kappa shape index (κ1) is 11.1. The van der Waals surface area contributed by atoms with Crippen LogP contribution >= 0.6 is 28.1 Å². The minimum atomic E-state index is -0.780. The lowest BCUT2D eigenvalue weighted by molar-refractivity contribution is 0.199. The normalized spacial score (nSPS) is 9.29. The van der Waals surface area contributed by atoms with Crippen LogP contribution in [0, 0.1) is 0 Å². The van der Waals surface area contributed by atoms with Crippen molar-refractivity contribution in [1.82, 2.24) is 5.43 Å². The Morgan fingerprint density at radius 3 is 2.50 bits per heavy atom. The summed E-state index contributed by atoms with van der Waals surface area (Å²) < 4.78 is 5.59. The molecule has 0 aliphatic rings. The molecule has 4 nitrogen and oxygen atoms in total. The number of nitrogens with one attached hydrogen (secondary N) is 1. The number of benzene rings is 1. The van der Waals surface area contributed by atoms with E-state index in [4.69, 9.17) is 18.1 Å². The van der Waals surface area contributed by atoms with E-state index in [9.17, 15) is 4.79 Å². The van der Waals surface area contributed by atoms with Crippen LogP contribution < -0.4 is 11.3 Å². The zero-order valence-electron chi connectivity index (χ0n) is 6.99. The van der Waals surface area contributed by atoms with Gasteiger partial charge >= 0.3 is 6.09 Å². The minimum Gasteiger partial charge on any atom is -0.397 e. The van der Waals surface area contributed by atoms with Crippen LogP contribution in [0.2, 0.25) is 0 Å². The quantitative estimate of drug-likeness (QED) is 0.354. The minimum absolute atomic E-state index is 0.0838. The largest absolute Gasteiger partial charge is 0.427 e. The lowest BCUT2D eigenvalue weighted by Crippen LogP contribution is -2.32. The van der Waals surface area contributed by atoms with Gasteiger partial charge in [0.25, 0.3) is 0 Å². The summed E-state index contributed by atoms with van der Waals surface area (Å²) in [5.41, 5.74) is 2.46. The molecular weight excluding hydrogens is 268 g/mol. The summed E-state index contributed by atoms with van der Waals surface area (Å²) in [4.78, 5) is 10.7. The van der Waals surface area contributed by atoms with Crippen molar-refractivity contribution in [3.63, 3.8) is 0 Å². The third-order valence-electron chi connectivity index (χ3n) is 1.38. The summed E-state index contributed by atoms with van der Waals surface area (Å²) in [5, 5.41) is 0.0838. The number of hydrogen-bond donors (Lipinski definition) is 2. The monoisotopic (exact) mass is 274 g/mol. The first-order valence-electron chi connectivity index (χ1n) is 3.62. The van der Waals surface area contributed by atoms with E-state index in [1.54, 1.807) is 24.3 Å². The van der Waals surface area contributed by atoms with Gasteiger partial charge in [0, 0.05) is 10.0 Å². The first-order chi connectivity index (χ1) is 6.63. The molecule has 0 saturated heterocycles. The van der Waals surface area contributed by atoms with Gasteiger partial charge in [-0.1, -0.05) is 15.9 Å². The molecule has 0 spiro atoms. The molecule has 0 heterocycles. The molecule has 1 amide bonds. The van der Waals surface area contributed by atoms with Crippen molar-refractivity contribution in [3.05, 3.63) is 34.3 Å². The molecule has 0 bridgehead atoms. The second-order valence-electron chi connectivity index (χ2n) is 2.33. The van der Waals surface area contributed by atoms with E-state index in [0.29, 0.717) is 5.56 Å². The molecule has 0 aliphatic heterocycles. The molecule has 0 radical (unpaired) electrons. The van der Waals surface area contributed by atoms with Crippen LogP contribution in [0.3, 0.4) is 0 Å². The molecule has 0 aromatic heterocycles. The fraction of sp³-hybridized carbons (Fsp3) is 0. The van der Waals surface area contributed by atoms with Gasteiger partial charge in [-0.05, 0) is 36.5 Å². The number of halogens is 1. The number of thiocarbonyl (C=S) groups is 1. The van der Waals surface area contributed by atoms with Crippen molar-refractivity contribution in [2.45, 2.75) is 0 Å². The third-order valence-corrected chi connectivity index (χ3v) is 2.23. The molecule has 6 heteroatoms. The number of hydrazine groups is 1. The van der Waals surface area contributed by atoms with Crippen molar-refractivity contribution in [2.75, 3.05) is 0 Å². The maximum absolute atomic E-state index is 10.7. The van der Waals surface area contributed by atoms with E-state index in [-0.39, 0.29) is 5.05 Å². The zero-order chi connectivity index (χ0) is 10.6. The lowest BCUT2D eigenvalue weighted by atomic mass is 10.2. The van der Waals surface area contributed by atoms with Gasteiger partial charge in [0.1, 0.15) is 0 Å². The number of hydrogen-bond acceptors (Lipinski definition) is 4. The summed E-state index contributed by atoms with van der Waals surface area (Å²) in [5.74, 6) is 4.83. The summed E-state index contributed by atoms with van der Waals surface area (Å²) in [7, 11) is 0. The summed E-state index contributed by atoms with van der Waals surface area (Å²) >= 11 is 8.13. The van der Waals surface area contributed by atoms with Gasteiger partial charge in [0.2, 0.25) is 5.05 Å². The van der Waals surface area contributed by atoms with Crippen LogP contribution in [0.25, 0.3) is 0 Å². The van der Waals surface area contributed by atoms with Crippen LogP contribution in [-0.4, -0.2) is 11.1 Å². The molecule has 0 atom stereocenters. The second kappa shape index (κ2) is 5.04. The van der Waals surface area contributed by atoms with Gasteiger partial charge in [0.15, 0.2) is 0 Å². The Kier molecular flexibility index (Phi) is 3.99. The van der Waals surface area contributed by atoms with E-state index in [1.165, 1.54) is 0 Å². The Morgan fingerprint density at radius 2 is 2.00 bits per heavy atom. The Balaban J connectivity index is 2.70. The van der Waals surface area contributed by atoms with E-state index in [0.717, 1.165) is 4.47 Å². The molecule has 0 fully saturated rings. The van der Waals surface area contributed by atoms with Crippen molar-refractivity contribution in [1.29, 1.82) is 0 Å². The Labute approximate surface area is 94.5 Å². The van der Waals surface area contributed by atoms with Crippen molar-refractivity contribution in [2.24, 2.45) is 5.84 Å². The topological polar surface area (TPSA) is 64.3 Å². The van der Waals surface area contributed by atoms with E-state index in [1.807, 2.05) is 5.43 Å². The van der Waals surface area contributed by atoms with Crippen LogP contribution in [0.5, 0.6) is 0 Å². The Hall–Kier alpha value is -0.980. The Bertz CT molecular complexity index is 353. The maximum Gasteiger partial charge on any atom is 0.427 e. The molecule has 3 N–H and O–H groups in total. The highest BCUT2D eigenvalue weighted by Crippen LogP contribution is 2.11. The number of rotatable bonds is 1. The highest BCUT2D eigenvalue weighted by atomic mass is 79.9. The van der Waals surface area contributed by atoms with Crippen LogP contribution in [0.15, 0.2) is 28.7 Å². The average Bonchev–Trinajstić information content (AvgIpc) is 2.18. The standard InChI is InChI=1S/C8H7BrN2O2S/c9-6-3-1-5(2-4-6)7(14)13-8(12)11-10/h1-4H,10H2,(H,11,12). The van der Waals surface area contributed by atoms with Gasteiger partial charge in [-0.2, -0.15) is 0 Å². The fourth-order valence-electron chi connectivity index (χ4n) is 0.759. The first-order valence-corrected chi connectivity index (χ1v) is 4.82. The van der Waals surface area contributed by atoms with Crippen LogP contribution in [0.4, 0.5) is 4.79 Å². The molecule has 1 aromatic carbocycles. The molecule has 1 aromatic rings. The number of ether oxygens (including phenoxy) is 1. The summed E-state index contributed by atoms with van der Waals surface area (Å²) in [6, 6.07) is 7.06. The van der Waals surface area contributed by atoms with Gasteiger partial charge in [-0.25, -0.2) is 10.6 Å². The predicted molar refractivity (Wildman–Crippen MR) is 59.6 cm³/mol. The summed E-state index contributed by atoms with van der Waals surface area (Å²) in [6.07, 6.45) is -0.780. The smallest absolute Gasteiger partial charge is 0.397 e. The second-order valence-corrected chi connectivity index (χ2v) is 3.61. The third kappa shape index (κ3) is 3.06. The van der Waals surface area contributed by atoms with E-state index < -0.39 is 6.09 Å². The number of nitrogens with two attached hydrogens (primary N) is 1. The van der Waals surface area contributed by atoms with Crippen molar-refractivity contribution < 1.29 is 9.53 Å². The highest BCUT2D eigenvalue weighted by molar-refractivity contribution is 9.10. The van der Waals surface area contributed by atoms with E-state index in [2.05, 4.69) is 20.7 Å². The van der Waals surface area contributed by atoms with Crippen molar-refractivity contribution in [3.8, 4) is 0 Å². The maximum atomic E-state index is 10.7. The van der Waals surface area contributed by atoms with Gasteiger partial charge in [-0.15, -0.1) is 0 Å². The molecule has 0 unspecified atom stereocenters. The lowest BCUT2D eigenvalue weighted by Gasteiger charge is -2.04. The summed E-state index contributed by atoms with van der Waals surface area (Å²) in [6.45, 7) is 0. The Morgan fingerprint density at radius 1 is 1.43 bits per heavy atom. The SMILES string of the molecule is NNC(=O)OC(=S)c1ccc(Br)cc1. The predicted octanol–water partition coefficient (Wildman–Crippen LogP) is 1.72. The van der Waals surface area contributed by atoms with Gasteiger partial charge in [0.05, 0.1) is 0 Å². The highest BCUT2D eigenvalue weighted by Gasteiger charge is 2.06. The fourth-order valence-corrected chi connectivity index (χ4v) is 1.23. The molecule has 0 saturated carbocycles. The van der Waals surface area contributed by atoms with Crippen molar-refractivity contribution >= 4 is 39.3 Å². The molecule has 14 heavy (non-hydrogen) atoms. The van der Waals surface area contributed by atoms with Gasteiger partial charge in [-0.3, -0.25) is 5.43 Å². The van der Waals surface area contributed by atoms with Crippen LogP contribution in [0.1, 0.15) is 5.56 Å². The van der Waals surface area contributed by atoms with Crippen LogP contribution in [-0.2, 0) is 4.74 Å². The average molecular weight is 275 g/mol. The molecule has 74 valence electrons. The van der Waals surface area contributed by atoms with Gasteiger partial charge < -0.3 is 4.74 Å². The number of carbonyl (C=O) groups excluding carboxylic acids is 1. The molecule has 0 aliphatic carbocycles. The molecular formula is C8H7BrN2O2S. The zero-order valence-corrected chi connectivity index (χ0v) is 9.39. The number of carbonyl (C=O) groups is 1. The molecule has 1 rings (SSSR count).